The van der Waals surface area contributed by atoms with Gasteiger partial charge in [-0.25, -0.2) is 15.0 Å². The third-order valence-corrected chi connectivity index (χ3v) is 6.99. The minimum absolute atomic E-state index is 0.567. The third kappa shape index (κ3) is 3.09. The molecule has 6 heterocycles. The van der Waals surface area contributed by atoms with Crippen molar-refractivity contribution in [3.05, 3.63) is 54.9 Å². The molecule has 0 amide bonds. The summed E-state index contributed by atoms with van der Waals surface area (Å²) in [4.78, 5) is 23.4. The molecule has 2 atom stereocenters. The quantitative estimate of drug-likeness (QED) is 0.544. The topological polar surface area (TPSA) is 70.1 Å². The van der Waals surface area contributed by atoms with Crippen LogP contribution >= 0.6 is 11.3 Å². The second-order valence-electron chi connectivity index (χ2n) is 7.91. The molecule has 0 spiro atoms. The first kappa shape index (κ1) is 17.7. The van der Waals surface area contributed by atoms with Crippen molar-refractivity contribution in [2.75, 3.05) is 30.4 Å². The van der Waals surface area contributed by atoms with Crippen molar-refractivity contribution in [3.63, 3.8) is 0 Å². The molecule has 2 aliphatic heterocycles. The number of likely N-dealkylation sites (tertiary alicyclic amines) is 1. The van der Waals surface area contributed by atoms with Gasteiger partial charge in [-0.05, 0) is 37.7 Å². The second kappa shape index (κ2) is 7.00. The SMILES string of the molecule is CN1C[C@@H]2C[C@H]1CN2c1cccc(Nc2cc3nc(-c4ccccn4)sc3cn2)n1. The number of anilines is 3. The Kier molecular flexibility index (Phi) is 4.14. The number of pyridine rings is 3. The number of likely N-dealkylation sites (N-methyl/N-ethyl adjacent to an activating group) is 1. The van der Waals surface area contributed by atoms with Crippen LogP contribution in [0.25, 0.3) is 20.9 Å². The summed E-state index contributed by atoms with van der Waals surface area (Å²) in [6, 6.07) is 15.2. The summed E-state index contributed by atoms with van der Waals surface area (Å²) >= 11 is 1.60. The Labute approximate surface area is 178 Å². The van der Waals surface area contributed by atoms with Gasteiger partial charge >= 0.3 is 0 Å². The standard InChI is InChI=1S/C22H21N7S/c1-28-12-15-9-14(28)13-29(15)21-7-4-6-19(27-21)26-20-10-17-18(11-24-20)30-22(25-17)16-5-2-3-8-23-16/h2-8,10-11,14-15H,9,12-13H2,1H3,(H,24,26,27)/t14-,15-/m0/s1. The lowest BCUT2D eigenvalue weighted by Gasteiger charge is -2.32. The molecule has 0 aliphatic carbocycles. The number of piperazine rings is 1. The number of nitrogens with zero attached hydrogens (tertiary/aromatic N) is 6. The van der Waals surface area contributed by atoms with Crippen molar-refractivity contribution >= 4 is 39.0 Å². The van der Waals surface area contributed by atoms with Crippen LogP contribution in [0.2, 0.25) is 0 Å². The lowest BCUT2D eigenvalue weighted by atomic mass is 10.2. The Morgan fingerprint density at radius 3 is 2.77 bits per heavy atom. The Morgan fingerprint density at radius 2 is 1.97 bits per heavy atom. The zero-order valence-corrected chi connectivity index (χ0v) is 17.4. The van der Waals surface area contributed by atoms with Gasteiger partial charge in [0.05, 0.1) is 15.9 Å². The monoisotopic (exact) mass is 415 g/mol. The van der Waals surface area contributed by atoms with Crippen molar-refractivity contribution in [2.45, 2.75) is 18.5 Å². The summed E-state index contributed by atoms with van der Waals surface area (Å²) in [6.45, 7) is 2.17. The average molecular weight is 416 g/mol. The normalized spacial score (nSPS) is 20.9. The first-order valence-corrected chi connectivity index (χ1v) is 10.9. The lowest BCUT2D eigenvalue weighted by Crippen LogP contribution is -2.44. The van der Waals surface area contributed by atoms with Gasteiger partial charge in [-0.1, -0.05) is 12.1 Å². The average Bonchev–Trinajstić information content (AvgIpc) is 3.48. The van der Waals surface area contributed by atoms with E-state index in [9.17, 15) is 0 Å². The highest BCUT2D eigenvalue weighted by Gasteiger charge is 2.41. The van der Waals surface area contributed by atoms with E-state index in [4.69, 9.17) is 9.97 Å². The third-order valence-electron chi connectivity index (χ3n) is 5.96. The number of nitrogens with one attached hydrogen (secondary N) is 1. The summed E-state index contributed by atoms with van der Waals surface area (Å²) in [5.41, 5.74) is 1.79. The molecule has 0 radical (unpaired) electrons. The highest BCUT2D eigenvalue weighted by Crippen LogP contribution is 2.34. The van der Waals surface area contributed by atoms with E-state index in [0.717, 1.165) is 51.5 Å². The molecule has 6 rings (SSSR count). The molecule has 2 bridgehead atoms. The van der Waals surface area contributed by atoms with Crippen molar-refractivity contribution < 1.29 is 0 Å². The minimum atomic E-state index is 0.567. The first-order valence-electron chi connectivity index (χ1n) is 10.1. The van der Waals surface area contributed by atoms with Gasteiger partial charge in [-0.15, -0.1) is 11.3 Å². The Balaban J connectivity index is 1.25. The van der Waals surface area contributed by atoms with Crippen LogP contribution in [-0.2, 0) is 0 Å². The fraction of sp³-hybridized carbons (Fsp3) is 0.273. The van der Waals surface area contributed by atoms with E-state index in [2.05, 4.69) is 44.3 Å². The number of rotatable bonds is 4. The number of aromatic nitrogens is 4. The first-order chi connectivity index (χ1) is 14.7. The van der Waals surface area contributed by atoms with Gasteiger partial charge in [0, 0.05) is 43.6 Å². The van der Waals surface area contributed by atoms with Gasteiger partial charge in [0.25, 0.3) is 0 Å². The van der Waals surface area contributed by atoms with Crippen LogP contribution in [0.3, 0.4) is 0 Å². The molecule has 1 N–H and O–H groups in total. The van der Waals surface area contributed by atoms with E-state index < -0.39 is 0 Å². The zero-order chi connectivity index (χ0) is 20.1. The molecule has 2 saturated heterocycles. The van der Waals surface area contributed by atoms with Crippen molar-refractivity contribution in [1.29, 1.82) is 0 Å². The molecular weight excluding hydrogens is 394 g/mol. The largest absolute Gasteiger partial charge is 0.351 e. The molecule has 30 heavy (non-hydrogen) atoms. The molecule has 150 valence electrons. The smallest absolute Gasteiger partial charge is 0.143 e. The lowest BCUT2D eigenvalue weighted by molar-refractivity contribution is 0.292. The summed E-state index contributed by atoms with van der Waals surface area (Å²) in [5, 5.41) is 4.25. The Bertz CT molecular complexity index is 1210. The van der Waals surface area contributed by atoms with Crippen LogP contribution in [0.15, 0.2) is 54.9 Å². The molecule has 2 fully saturated rings. The number of fused-ring (bicyclic) bond motifs is 3. The Hall–Kier alpha value is -3.10. The van der Waals surface area contributed by atoms with E-state index in [1.165, 1.54) is 6.42 Å². The maximum atomic E-state index is 4.86. The number of thiazole rings is 1. The van der Waals surface area contributed by atoms with E-state index in [-0.39, 0.29) is 0 Å². The van der Waals surface area contributed by atoms with Crippen LogP contribution in [0, 0.1) is 0 Å². The fourth-order valence-corrected chi connectivity index (χ4v) is 5.32. The van der Waals surface area contributed by atoms with Crippen LogP contribution in [0.4, 0.5) is 17.5 Å². The predicted molar refractivity (Wildman–Crippen MR) is 120 cm³/mol. The predicted octanol–water partition coefficient (Wildman–Crippen LogP) is 3.78. The number of hydrogen-bond donors (Lipinski definition) is 1. The van der Waals surface area contributed by atoms with Gasteiger partial charge in [0.1, 0.15) is 22.5 Å². The minimum Gasteiger partial charge on any atom is -0.351 e. The molecule has 0 unspecified atom stereocenters. The van der Waals surface area contributed by atoms with Gasteiger partial charge in [0.2, 0.25) is 0 Å². The van der Waals surface area contributed by atoms with Crippen LogP contribution in [0.1, 0.15) is 6.42 Å². The van der Waals surface area contributed by atoms with Crippen molar-refractivity contribution in [1.82, 2.24) is 24.8 Å². The van der Waals surface area contributed by atoms with Gasteiger partial charge < -0.3 is 10.2 Å². The second-order valence-corrected chi connectivity index (χ2v) is 8.94. The number of hydrogen-bond acceptors (Lipinski definition) is 8. The van der Waals surface area contributed by atoms with E-state index in [0.29, 0.717) is 12.1 Å². The van der Waals surface area contributed by atoms with Gasteiger partial charge in [0.15, 0.2) is 0 Å². The van der Waals surface area contributed by atoms with Crippen molar-refractivity contribution in [3.8, 4) is 10.7 Å². The van der Waals surface area contributed by atoms with Crippen molar-refractivity contribution in [2.24, 2.45) is 0 Å². The highest BCUT2D eigenvalue weighted by atomic mass is 32.1. The molecular formula is C22H21N7S. The van der Waals surface area contributed by atoms with Gasteiger partial charge in [-0.2, -0.15) is 0 Å². The molecule has 8 heteroatoms. The highest BCUT2D eigenvalue weighted by molar-refractivity contribution is 7.21. The Morgan fingerprint density at radius 1 is 1.00 bits per heavy atom. The molecule has 4 aromatic rings. The van der Waals surface area contributed by atoms with E-state index in [1.54, 1.807) is 17.5 Å². The summed E-state index contributed by atoms with van der Waals surface area (Å²) in [7, 11) is 2.22. The van der Waals surface area contributed by atoms with E-state index in [1.807, 2.05) is 36.5 Å². The molecule has 0 saturated carbocycles. The maximum Gasteiger partial charge on any atom is 0.143 e. The molecule has 2 aliphatic rings. The molecule has 7 nitrogen and oxygen atoms in total. The maximum absolute atomic E-state index is 4.86. The summed E-state index contributed by atoms with van der Waals surface area (Å²) in [5.74, 6) is 2.58. The summed E-state index contributed by atoms with van der Waals surface area (Å²) < 4.78 is 1.04. The molecule has 0 aromatic carbocycles. The fourth-order valence-electron chi connectivity index (χ4n) is 4.43. The molecule has 4 aromatic heterocycles. The van der Waals surface area contributed by atoms with E-state index >= 15 is 0 Å². The van der Waals surface area contributed by atoms with Gasteiger partial charge in [-0.3, -0.25) is 9.88 Å². The van der Waals surface area contributed by atoms with Crippen LogP contribution in [-0.4, -0.2) is 57.1 Å². The zero-order valence-electron chi connectivity index (χ0n) is 16.6. The summed E-state index contributed by atoms with van der Waals surface area (Å²) in [6.07, 6.45) is 4.88. The van der Waals surface area contributed by atoms with Crippen LogP contribution < -0.4 is 10.2 Å². The van der Waals surface area contributed by atoms with Crippen LogP contribution in [0.5, 0.6) is 0 Å².